The number of nitrogens with zero attached hydrogens (tertiary/aromatic N) is 3. The molecule has 0 atom stereocenters. The lowest BCUT2D eigenvalue weighted by Crippen LogP contribution is -2.47. The number of pyridine rings is 1. The molecule has 0 N–H and O–H groups in total. The fourth-order valence-electron chi connectivity index (χ4n) is 4.13. The number of fused-ring (bicyclic) bond motifs is 1. The van der Waals surface area contributed by atoms with Gasteiger partial charge in [-0.2, -0.15) is 0 Å². The molecule has 2 aromatic carbocycles. The largest absolute Gasteiger partial charge is 0.495 e. The average molecular weight is 439 g/mol. The lowest BCUT2D eigenvalue weighted by molar-refractivity contribution is 0.0526. The molecule has 0 radical (unpaired) electrons. The van der Waals surface area contributed by atoms with Gasteiger partial charge in [-0.15, -0.1) is 0 Å². The molecule has 7 nitrogen and oxygen atoms in total. The number of piperazine rings is 1. The van der Waals surface area contributed by atoms with E-state index in [1.54, 1.807) is 33.4 Å². The molecule has 0 aliphatic carbocycles. The highest BCUT2D eigenvalue weighted by atomic mass is 19.1. The maximum atomic E-state index is 13.9. The van der Waals surface area contributed by atoms with Crippen LogP contribution in [0, 0.1) is 5.82 Å². The molecule has 1 saturated heterocycles. The van der Waals surface area contributed by atoms with Crippen LogP contribution in [0.15, 0.2) is 42.6 Å². The summed E-state index contributed by atoms with van der Waals surface area (Å²) in [7, 11) is 3.18. The first-order valence-corrected chi connectivity index (χ1v) is 10.5. The zero-order valence-corrected chi connectivity index (χ0v) is 18.4. The number of para-hydroxylation sites is 1. The third-order valence-corrected chi connectivity index (χ3v) is 5.62. The van der Waals surface area contributed by atoms with E-state index in [9.17, 15) is 9.18 Å². The Morgan fingerprint density at radius 1 is 1.03 bits per heavy atom. The molecular weight excluding hydrogens is 413 g/mol. The number of carbonyl (C=O) groups excluding carboxylic acids is 1. The predicted molar refractivity (Wildman–Crippen MR) is 122 cm³/mol. The molecule has 3 aromatic rings. The molecule has 1 aromatic heterocycles. The zero-order valence-electron chi connectivity index (χ0n) is 18.4. The van der Waals surface area contributed by atoms with Crippen LogP contribution >= 0.6 is 0 Å². The van der Waals surface area contributed by atoms with Crippen molar-refractivity contribution in [2.75, 3.05) is 56.8 Å². The first-order valence-electron chi connectivity index (χ1n) is 10.5. The summed E-state index contributed by atoms with van der Waals surface area (Å²) in [5.41, 5.74) is 2.61. The molecular formula is C24H26FN3O4. The molecule has 32 heavy (non-hydrogen) atoms. The maximum absolute atomic E-state index is 13.9. The fraction of sp³-hybridized carbons (Fsp3) is 0.333. The van der Waals surface area contributed by atoms with Crippen molar-refractivity contribution in [3.05, 3.63) is 54.0 Å². The Hall–Kier alpha value is -3.55. The summed E-state index contributed by atoms with van der Waals surface area (Å²) in [6.45, 7) is 4.58. The third-order valence-electron chi connectivity index (χ3n) is 5.62. The van der Waals surface area contributed by atoms with Crippen LogP contribution in [0.2, 0.25) is 0 Å². The normalized spacial score (nSPS) is 13.9. The van der Waals surface area contributed by atoms with Crippen molar-refractivity contribution in [1.29, 1.82) is 0 Å². The molecule has 4 rings (SSSR count). The van der Waals surface area contributed by atoms with Crippen LogP contribution in [-0.4, -0.2) is 58.0 Å². The minimum atomic E-state index is -0.408. The van der Waals surface area contributed by atoms with Gasteiger partial charge in [0.25, 0.3) is 0 Å². The van der Waals surface area contributed by atoms with Crippen molar-refractivity contribution >= 4 is 28.2 Å². The van der Waals surface area contributed by atoms with E-state index < -0.39 is 5.97 Å². The van der Waals surface area contributed by atoms with E-state index in [0.29, 0.717) is 48.8 Å². The van der Waals surface area contributed by atoms with Crippen LogP contribution in [0.5, 0.6) is 11.5 Å². The van der Waals surface area contributed by atoms with Crippen molar-refractivity contribution in [3.8, 4) is 11.5 Å². The van der Waals surface area contributed by atoms with Gasteiger partial charge in [-0.1, -0.05) is 12.1 Å². The first kappa shape index (κ1) is 21.7. The molecule has 0 saturated carbocycles. The van der Waals surface area contributed by atoms with Gasteiger partial charge >= 0.3 is 5.97 Å². The highest BCUT2D eigenvalue weighted by Gasteiger charge is 2.27. The third kappa shape index (κ3) is 4.00. The SMILES string of the molecule is CCOC(=O)c1cnc2c(OC)cccc2c1N1CCN(c2cc(F)ccc2OC)CC1. The highest BCUT2D eigenvalue weighted by molar-refractivity contribution is 6.06. The van der Waals surface area contributed by atoms with Gasteiger partial charge in [-0.25, -0.2) is 9.18 Å². The number of esters is 1. The minimum Gasteiger partial charge on any atom is -0.495 e. The molecule has 168 valence electrons. The average Bonchev–Trinajstić information content (AvgIpc) is 2.83. The van der Waals surface area contributed by atoms with Crippen LogP contribution in [0.1, 0.15) is 17.3 Å². The molecule has 1 aliphatic rings. The van der Waals surface area contributed by atoms with E-state index in [4.69, 9.17) is 14.2 Å². The number of hydrogen-bond acceptors (Lipinski definition) is 7. The minimum absolute atomic E-state index is 0.279. The van der Waals surface area contributed by atoms with E-state index in [2.05, 4.69) is 14.8 Å². The van der Waals surface area contributed by atoms with Crippen LogP contribution < -0.4 is 19.3 Å². The molecule has 1 aliphatic heterocycles. The lowest BCUT2D eigenvalue weighted by atomic mass is 10.1. The van der Waals surface area contributed by atoms with Crippen LogP contribution in [0.4, 0.5) is 15.8 Å². The molecule has 0 spiro atoms. The Bertz CT molecular complexity index is 1130. The fourth-order valence-corrected chi connectivity index (χ4v) is 4.13. The second-order valence-corrected chi connectivity index (χ2v) is 7.39. The number of methoxy groups -OCH3 is 2. The molecule has 2 heterocycles. The van der Waals surface area contributed by atoms with Gasteiger partial charge in [-0.05, 0) is 25.1 Å². The van der Waals surface area contributed by atoms with Crippen molar-refractivity contribution < 1.29 is 23.4 Å². The number of anilines is 2. The Labute approximate surface area is 186 Å². The van der Waals surface area contributed by atoms with Crippen molar-refractivity contribution in [1.82, 2.24) is 4.98 Å². The van der Waals surface area contributed by atoms with E-state index >= 15 is 0 Å². The molecule has 0 amide bonds. The quantitative estimate of drug-likeness (QED) is 0.540. The van der Waals surface area contributed by atoms with Crippen LogP contribution in [0.25, 0.3) is 10.9 Å². The Balaban J connectivity index is 1.70. The number of hydrogen-bond donors (Lipinski definition) is 0. The summed E-state index contributed by atoms with van der Waals surface area (Å²) in [5, 5.41) is 0.826. The van der Waals surface area contributed by atoms with Gasteiger partial charge in [-0.3, -0.25) is 4.98 Å². The second kappa shape index (κ2) is 9.30. The summed E-state index contributed by atoms with van der Waals surface area (Å²) in [5.74, 6) is 0.558. The van der Waals surface area contributed by atoms with Crippen molar-refractivity contribution in [2.45, 2.75) is 6.92 Å². The molecule has 8 heteroatoms. The monoisotopic (exact) mass is 439 g/mol. The number of ether oxygens (including phenoxy) is 3. The first-order chi connectivity index (χ1) is 15.6. The lowest BCUT2D eigenvalue weighted by Gasteiger charge is -2.38. The number of halogens is 1. The second-order valence-electron chi connectivity index (χ2n) is 7.39. The van der Waals surface area contributed by atoms with Gasteiger partial charge in [0.1, 0.15) is 28.4 Å². The summed E-state index contributed by atoms with van der Waals surface area (Å²) >= 11 is 0. The van der Waals surface area contributed by atoms with E-state index in [1.807, 2.05) is 18.2 Å². The van der Waals surface area contributed by atoms with E-state index in [0.717, 1.165) is 16.8 Å². The number of rotatable bonds is 6. The summed E-state index contributed by atoms with van der Waals surface area (Å²) in [4.78, 5) is 21.4. The number of aromatic nitrogens is 1. The summed E-state index contributed by atoms with van der Waals surface area (Å²) in [6.07, 6.45) is 1.56. The highest BCUT2D eigenvalue weighted by Crippen LogP contribution is 2.36. The van der Waals surface area contributed by atoms with Gasteiger partial charge in [0.05, 0.1) is 32.2 Å². The zero-order chi connectivity index (χ0) is 22.7. The van der Waals surface area contributed by atoms with Gasteiger partial charge < -0.3 is 24.0 Å². The van der Waals surface area contributed by atoms with Gasteiger partial charge in [0.2, 0.25) is 0 Å². The van der Waals surface area contributed by atoms with Gasteiger partial charge in [0, 0.05) is 43.8 Å². The van der Waals surface area contributed by atoms with Crippen molar-refractivity contribution in [3.63, 3.8) is 0 Å². The summed E-state index contributed by atoms with van der Waals surface area (Å²) in [6, 6.07) is 10.2. The Kier molecular flexibility index (Phi) is 6.30. The molecule has 0 bridgehead atoms. The predicted octanol–water partition coefficient (Wildman–Crippen LogP) is 3.89. The smallest absolute Gasteiger partial charge is 0.341 e. The summed E-state index contributed by atoms with van der Waals surface area (Å²) < 4.78 is 30.1. The van der Waals surface area contributed by atoms with Crippen LogP contribution in [-0.2, 0) is 4.74 Å². The molecule has 1 fully saturated rings. The Morgan fingerprint density at radius 3 is 2.44 bits per heavy atom. The van der Waals surface area contributed by atoms with E-state index in [-0.39, 0.29) is 12.4 Å². The van der Waals surface area contributed by atoms with E-state index in [1.165, 1.54) is 12.1 Å². The number of carbonyl (C=O) groups is 1. The van der Waals surface area contributed by atoms with Crippen molar-refractivity contribution in [2.24, 2.45) is 0 Å². The number of benzene rings is 2. The molecule has 0 unspecified atom stereocenters. The topological polar surface area (TPSA) is 64.1 Å². The standard InChI is InChI=1S/C24H26FN3O4/c1-4-32-24(29)18-15-26-22-17(6-5-7-21(22)31-3)23(18)28-12-10-27(11-13-28)19-14-16(25)8-9-20(19)30-2/h5-9,14-15H,4,10-13H2,1-3H3. The van der Waals surface area contributed by atoms with Gasteiger partial charge in [0.15, 0.2) is 0 Å². The van der Waals surface area contributed by atoms with Crippen LogP contribution in [0.3, 0.4) is 0 Å². The maximum Gasteiger partial charge on any atom is 0.341 e. The Morgan fingerprint density at radius 2 is 1.75 bits per heavy atom.